The van der Waals surface area contributed by atoms with Crippen molar-refractivity contribution in [3.05, 3.63) is 42.0 Å². The quantitative estimate of drug-likeness (QED) is 0.683. The van der Waals surface area contributed by atoms with Crippen molar-refractivity contribution in [3.8, 4) is 17.2 Å². The standard InChI is InChI=1S/C25H29FN4O2/c26-23-11-17(20-13-28-30(14-20)15-22-2-1-7-32-22)3-4-18(23)8-16(12-27)9-24(31)25-19-5-6-21(10-19)29-25/h3-4,11,13-14,16,19,21-22,25,29H,1-2,5-10,15H2/t16-,19+,21-,22?,25+/m1/s1. The predicted octanol–water partition coefficient (Wildman–Crippen LogP) is 3.65. The average molecular weight is 437 g/mol. The highest BCUT2D eigenvalue weighted by atomic mass is 19.1. The van der Waals surface area contributed by atoms with Crippen LogP contribution in [0.3, 0.4) is 0 Å². The van der Waals surface area contributed by atoms with E-state index in [9.17, 15) is 14.4 Å². The normalized spacial score (nSPS) is 27.5. The zero-order chi connectivity index (χ0) is 22.1. The number of nitriles is 1. The van der Waals surface area contributed by atoms with Gasteiger partial charge in [0.25, 0.3) is 0 Å². The van der Waals surface area contributed by atoms with Gasteiger partial charge in [0.05, 0.1) is 36.9 Å². The van der Waals surface area contributed by atoms with Crippen molar-refractivity contribution in [1.82, 2.24) is 15.1 Å². The van der Waals surface area contributed by atoms with Crippen molar-refractivity contribution in [1.29, 1.82) is 5.26 Å². The first-order valence-corrected chi connectivity index (χ1v) is 11.7. The summed E-state index contributed by atoms with van der Waals surface area (Å²) in [5.41, 5.74) is 2.07. The maximum absolute atomic E-state index is 14.9. The molecule has 3 fully saturated rings. The number of aromatic nitrogens is 2. The van der Waals surface area contributed by atoms with Crippen LogP contribution in [0.1, 0.15) is 44.1 Å². The van der Waals surface area contributed by atoms with Gasteiger partial charge in [0.1, 0.15) is 5.82 Å². The van der Waals surface area contributed by atoms with Gasteiger partial charge in [-0.25, -0.2) is 4.39 Å². The number of carbonyl (C=O) groups is 1. The first kappa shape index (κ1) is 21.3. The molecule has 168 valence electrons. The Kier molecular flexibility index (Phi) is 6.07. The van der Waals surface area contributed by atoms with Crippen molar-refractivity contribution in [2.24, 2.45) is 11.8 Å². The summed E-state index contributed by atoms with van der Waals surface area (Å²) >= 11 is 0. The van der Waals surface area contributed by atoms with Crippen molar-refractivity contribution in [2.45, 2.75) is 69.7 Å². The van der Waals surface area contributed by atoms with Gasteiger partial charge in [0.2, 0.25) is 0 Å². The lowest BCUT2D eigenvalue weighted by Gasteiger charge is -2.22. The Balaban J connectivity index is 1.21. The van der Waals surface area contributed by atoms with E-state index in [4.69, 9.17) is 4.74 Å². The van der Waals surface area contributed by atoms with Crippen LogP contribution in [0.15, 0.2) is 30.6 Å². The number of nitrogens with zero attached hydrogens (tertiary/aromatic N) is 3. The number of ketones is 1. The predicted molar refractivity (Wildman–Crippen MR) is 117 cm³/mol. The third-order valence-corrected chi connectivity index (χ3v) is 7.24. The summed E-state index contributed by atoms with van der Waals surface area (Å²) in [5.74, 6) is -0.360. The molecule has 1 aromatic heterocycles. The van der Waals surface area contributed by atoms with Crippen LogP contribution in [0.2, 0.25) is 0 Å². The van der Waals surface area contributed by atoms with Crippen molar-refractivity contribution in [3.63, 3.8) is 0 Å². The number of piperidine rings is 1. The van der Waals surface area contributed by atoms with E-state index in [0.717, 1.165) is 49.8 Å². The molecule has 7 heteroatoms. The Morgan fingerprint density at radius 3 is 2.94 bits per heavy atom. The van der Waals surface area contributed by atoms with Gasteiger partial charge in [-0.1, -0.05) is 12.1 Å². The van der Waals surface area contributed by atoms with Crippen LogP contribution in [0.4, 0.5) is 4.39 Å². The molecule has 5 rings (SSSR count). The van der Waals surface area contributed by atoms with Gasteiger partial charge in [-0.15, -0.1) is 0 Å². The highest BCUT2D eigenvalue weighted by Gasteiger charge is 2.42. The molecular formula is C25H29FN4O2. The highest BCUT2D eigenvalue weighted by molar-refractivity contribution is 5.85. The molecule has 1 aliphatic carbocycles. The number of fused-ring (bicyclic) bond motifs is 2. The van der Waals surface area contributed by atoms with E-state index in [2.05, 4.69) is 16.5 Å². The molecule has 1 unspecified atom stereocenters. The minimum Gasteiger partial charge on any atom is -0.376 e. The maximum Gasteiger partial charge on any atom is 0.151 e. The molecule has 2 aromatic rings. The molecule has 6 nitrogen and oxygen atoms in total. The average Bonchev–Trinajstić information content (AvgIpc) is 3.60. The van der Waals surface area contributed by atoms with Gasteiger partial charge >= 0.3 is 0 Å². The number of ether oxygens (including phenoxy) is 1. The molecule has 3 aliphatic rings. The monoisotopic (exact) mass is 436 g/mol. The molecule has 1 saturated carbocycles. The Hall–Kier alpha value is -2.56. The van der Waals surface area contributed by atoms with E-state index in [1.165, 1.54) is 6.07 Å². The Morgan fingerprint density at radius 2 is 2.25 bits per heavy atom. The Bertz CT molecular complexity index is 1020. The van der Waals surface area contributed by atoms with Crippen LogP contribution in [0.25, 0.3) is 11.1 Å². The third-order valence-electron chi connectivity index (χ3n) is 7.24. The van der Waals surface area contributed by atoms with E-state index in [1.807, 2.05) is 16.9 Å². The molecule has 2 saturated heterocycles. The topological polar surface area (TPSA) is 79.9 Å². The molecule has 1 N–H and O–H groups in total. The number of Topliss-reactive ketones (excluding diaryl/α,β-unsaturated/α-hetero) is 1. The molecule has 2 aliphatic heterocycles. The Labute approximate surface area is 187 Å². The number of benzene rings is 1. The van der Waals surface area contributed by atoms with Gasteiger partial charge in [-0.3, -0.25) is 9.48 Å². The third kappa shape index (κ3) is 4.48. The number of carbonyl (C=O) groups excluding carboxylic acids is 1. The summed E-state index contributed by atoms with van der Waals surface area (Å²) < 4.78 is 22.4. The van der Waals surface area contributed by atoms with Crippen molar-refractivity contribution < 1.29 is 13.9 Å². The Morgan fingerprint density at radius 1 is 1.34 bits per heavy atom. The number of hydrogen-bond acceptors (Lipinski definition) is 5. The van der Waals surface area contributed by atoms with Crippen LogP contribution >= 0.6 is 0 Å². The van der Waals surface area contributed by atoms with Crippen molar-refractivity contribution in [2.75, 3.05) is 6.61 Å². The van der Waals surface area contributed by atoms with E-state index < -0.39 is 5.92 Å². The maximum atomic E-state index is 14.9. The van der Waals surface area contributed by atoms with E-state index >= 15 is 0 Å². The van der Waals surface area contributed by atoms with Crippen LogP contribution in [-0.2, 0) is 22.5 Å². The van der Waals surface area contributed by atoms with Gasteiger partial charge in [-0.05, 0) is 61.6 Å². The molecule has 5 atom stereocenters. The summed E-state index contributed by atoms with van der Waals surface area (Å²) in [4.78, 5) is 12.7. The fourth-order valence-electron chi connectivity index (χ4n) is 5.52. The lowest BCUT2D eigenvalue weighted by molar-refractivity contribution is -0.122. The first-order valence-electron chi connectivity index (χ1n) is 11.7. The SMILES string of the molecule is N#C[C@@H](CC(=O)[C@H]1N[C@@H]2CC[C@H]1C2)Cc1ccc(-c2cnn(CC3CCCO3)c2)cc1F. The highest BCUT2D eigenvalue weighted by Crippen LogP contribution is 2.36. The second kappa shape index (κ2) is 9.13. The van der Waals surface area contributed by atoms with Crippen LogP contribution in [0, 0.1) is 29.0 Å². The smallest absolute Gasteiger partial charge is 0.151 e. The largest absolute Gasteiger partial charge is 0.376 e. The van der Waals surface area contributed by atoms with Crippen LogP contribution in [-0.4, -0.2) is 40.4 Å². The zero-order valence-corrected chi connectivity index (χ0v) is 18.2. The summed E-state index contributed by atoms with van der Waals surface area (Å²) in [6.07, 6.45) is 9.68. The molecule has 3 heterocycles. The lowest BCUT2D eigenvalue weighted by Crippen LogP contribution is -2.42. The van der Waals surface area contributed by atoms with Gasteiger partial charge in [0, 0.05) is 30.8 Å². The minimum absolute atomic E-state index is 0.0967. The number of rotatable bonds is 8. The van der Waals surface area contributed by atoms with Gasteiger partial charge in [-0.2, -0.15) is 10.4 Å². The second-order valence-corrected chi connectivity index (χ2v) is 9.51. The number of nitrogens with one attached hydrogen (secondary N) is 1. The molecule has 0 amide bonds. The van der Waals surface area contributed by atoms with E-state index in [0.29, 0.717) is 24.1 Å². The summed E-state index contributed by atoms with van der Waals surface area (Å²) in [6, 6.07) is 7.64. The molecule has 2 bridgehead atoms. The molecule has 32 heavy (non-hydrogen) atoms. The van der Waals surface area contributed by atoms with Crippen LogP contribution in [0.5, 0.6) is 0 Å². The first-order chi connectivity index (χ1) is 15.6. The van der Waals surface area contributed by atoms with E-state index in [-0.39, 0.29) is 36.6 Å². The second-order valence-electron chi connectivity index (χ2n) is 9.51. The molecular weight excluding hydrogens is 407 g/mol. The molecule has 0 radical (unpaired) electrons. The fraction of sp³-hybridized carbons (Fsp3) is 0.560. The lowest BCUT2D eigenvalue weighted by atomic mass is 9.88. The van der Waals surface area contributed by atoms with Crippen molar-refractivity contribution >= 4 is 5.78 Å². The number of hydrogen-bond donors (Lipinski definition) is 1. The number of halogens is 1. The molecule has 1 aromatic carbocycles. The summed E-state index contributed by atoms with van der Waals surface area (Å²) in [7, 11) is 0. The summed E-state index contributed by atoms with van der Waals surface area (Å²) in [5, 5.41) is 17.4. The van der Waals surface area contributed by atoms with Gasteiger partial charge in [0.15, 0.2) is 5.78 Å². The molecule has 0 spiro atoms. The minimum atomic E-state index is -0.516. The zero-order valence-electron chi connectivity index (χ0n) is 18.2. The fourth-order valence-corrected chi connectivity index (χ4v) is 5.52. The van der Waals surface area contributed by atoms with Gasteiger partial charge < -0.3 is 10.1 Å². The van der Waals surface area contributed by atoms with E-state index in [1.54, 1.807) is 12.3 Å². The summed E-state index contributed by atoms with van der Waals surface area (Å²) in [6.45, 7) is 1.51. The van der Waals surface area contributed by atoms with Crippen LogP contribution < -0.4 is 5.32 Å².